The third kappa shape index (κ3) is 5.21. The summed E-state index contributed by atoms with van der Waals surface area (Å²) in [5.41, 5.74) is 0.445. The van der Waals surface area contributed by atoms with Gasteiger partial charge in [0.2, 0.25) is 5.91 Å². The molecule has 0 heterocycles. The highest BCUT2D eigenvalue weighted by atomic mass is 16.6. The topological polar surface area (TPSA) is 55.4 Å². The van der Waals surface area contributed by atoms with Crippen LogP contribution in [0, 0.1) is 5.92 Å². The van der Waals surface area contributed by atoms with Gasteiger partial charge < -0.3 is 10.1 Å². The molecule has 1 aliphatic rings. The molecule has 1 atom stereocenters. The Morgan fingerprint density at radius 1 is 1.24 bits per heavy atom. The van der Waals surface area contributed by atoms with Crippen LogP contribution in [0.2, 0.25) is 0 Å². The Morgan fingerprint density at radius 3 is 2.38 bits per heavy atom. The van der Waals surface area contributed by atoms with E-state index in [0.717, 1.165) is 18.4 Å². The van der Waals surface area contributed by atoms with Crippen molar-refractivity contribution in [3.8, 4) is 0 Å². The van der Waals surface area contributed by atoms with Crippen molar-refractivity contribution in [1.29, 1.82) is 0 Å². The molecule has 4 heteroatoms. The van der Waals surface area contributed by atoms with Crippen LogP contribution >= 0.6 is 0 Å². The normalized spacial score (nSPS) is 16.1. The van der Waals surface area contributed by atoms with E-state index in [9.17, 15) is 9.59 Å². The average Bonchev–Trinajstić information content (AvgIpc) is 3.21. The van der Waals surface area contributed by atoms with Crippen molar-refractivity contribution in [2.45, 2.75) is 51.7 Å². The van der Waals surface area contributed by atoms with Crippen molar-refractivity contribution in [2.24, 2.45) is 5.92 Å². The fourth-order valence-electron chi connectivity index (χ4n) is 2.05. The average molecular weight is 289 g/mol. The van der Waals surface area contributed by atoms with Gasteiger partial charge in [0.1, 0.15) is 11.6 Å². The lowest BCUT2D eigenvalue weighted by Crippen LogP contribution is -2.46. The molecule has 0 bridgehead atoms. The third-order valence-electron chi connectivity index (χ3n) is 3.24. The van der Waals surface area contributed by atoms with Crippen LogP contribution in [0.4, 0.5) is 0 Å². The highest BCUT2D eigenvalue weighted by molar-refractivity contribution is 5.87. The Labute approximate surface area is 125 Å². The summed E-state index contributed by atoms with van der Waals surface area (Å²) in [6.07, 6.45) is 2.28. The zero-order chi connectivity index (χ0) is 15.5. The zero-order valence-corrected chi connectivity index (χ0v) is 12.9. The van der Waals surface area contributed by atoms with Crippen molar-refractivity contribution in [2.75, 3.05) is 0 Å². The van der Waals surface area contributed by atoms with E-state index in [4.69, 9.17) is 4.74 Å². The lowest BCUT2D eigenvalue weighted by atomic mass is 10.1. The van der Waals surface area contributed by atoms with E-state index in [-0.39, 0.29) is 17.8 Å². The van der Waals surface area contributed by atoms with Crippen LogP contribution in [-0.4, -0.2) is 23.5 Å². The summed E-state index contributed by atoms with van der Waals surface area (Å²) in [6.45, 7) is 5.48. The number of carbonyl (C=O) groups excluding carboxylic acids is 2. The van der Waals surface area contributed by atoms with Gasteiger partial charge in [-0.3, -0.25) is 4.79 Å². The van der Waals surface area contributed by atoms with Gasteiger partial charge in [0, 0.05) is 12.3 Å². The number of amides is 1. The molecule has 1 fully saturated rings. The van der Waals surface area contributed by atoms with Crippen LogP contribution in [0.3, 0.4) is 0 Å². The zero-order valence-electron chi connectivity index (χ0n) is 12.9. The van der Waals surface area contributed by atoms with E-state index in [1.54, 1.807) is 0 Å². The van der Waals surface area contributed by atoms with Crippen LogP contribution in [0.15, 0.2) is 30.3 Å². The standard InChI is InChI=1S/C17H23NO3/c1-17(2,3)21-16(20)14(18-15(19)13-9-10-13)11-12-7-5-4-6-8-12/h4-8,13-14H,9-11H2,1-3H3,(H,18,19). The first kappa shape index (κ1) is 15.5. The van der Waals surface area contributed by atoms with Gasteiger partial charge in [-0.1, -0.05) is 30.3 Å². The lowest BCUT2D eigenvalue weighted by molar-refractivity contribution is -0.158. The van der Waals surface area contributed by atoms with E-state index in [1.165, 1.54) is 0 Å². The van der Waals surface area contributed by atoms with Gasteiger partial charge >= 0.3 is 5.97 Å². The largest absolute Gasteiger partial charge is 0.458 e. The van der Waals surface area contributed by atoms with Crippen LogP contribution in [-0.2, 0) is 20.7 Å². The Balaban J connectivity index is 2.05. The Morgan fingerprint density at radius 2 is 1.86 bits per heavy atom. The first-order valence-corrected chi connectivity index (χ1v) is 7.42. The fraction of sp³-hybridized carbons (Fsp3) is 0.529. The molecule has 1 unspecified atom stereocenters. The summed E-state index contributed by atoms with van der Waals surface area (Å²) in [5, 5.41) is 2.84. The fourth-order valence-corrected chi connectivity index (χ4v) is 2.05. The molecular formula is C17H23NO3. The minimum atomic E-state index is -0.625. The molecular weight excluding hydrogens is 266 g/mol. The number of esters is 1. The molecule has 1 saturated carbocycles. The number of benzene rings is 1. The van der Waals surface area contributed by atoms with Crippen molar-refractivity contribution in [1.82, 2.24) is 5.32 Å². The number of carbonyl (C=O) groups is 2. The first-order chi connectivity index (χ1) is 9.85. The molecule has 0 radical (unpaired) electrons. The molecule has 1 aromatic rings. The molecule has 0 saturated heterocycles. The van der Waals surface area contributed by atoms with Crippen molar-refractivity contribution < 1.29 is 14.3 Å². The number of rotatable bonds is 5. The molecule has 1 amide bonds. The van der Waals surface area contributed by atoms with Crippen LogP contribution in [0.1, 0.15) is 39.2 Å². The minimum Gasteiger partial charge on any atom is -0.458 e. The second-order valence-electron chi connectivity index (χ2n) is 6.56. The van der Waals surface area contributed by atoms with E-state index in [1.807, 2.05) is 51.1 Å². The summed E-state index contributed by atoms with van der Waals surface area (Å²) >= 11 is 0. The molecule has 0 spiro atoms. The molecule has 114 valence electrons. The second kappa shape index (κ2) is 6.29. The summed E-state index contributed by atoms with van der Waals surface area (Å²) in [6, 6.07) is 9.03. The predicted octanol–water partition coefficient (Wildman–Crippen LogP) is 2.47. The number of nitrogens with one attached hydrogen (secondary N) is 1. The van der Waals surface area contributed by atoms with Gasteiger partial charge in [-0.05, 0) is 39.2 Å². The first-order valence-electron chi connectivity index (χ1n) is 7.42. The van der Waals surface area contributed by atoms with E-state index >= 15 is 0 Å². The summed E-state index contributed by atoms with van der Waals surface area (Å²) in [5.74, 6) is -0.340. The number of hydrogen-bond donors (Lipinski definition) is 1. The second-order valence-corrected chi connectivity index (χ2v) is 6.56. The van der Waals surface area contributed by atoms with Gasteiger partial charge in [-0.2, -0.15) is 0 Å². The van der Waals surface area contributed by atoms with Crippen LogP contribution in [0.5, 0.6) is 0 Å². The van der Waals surface area contributed by atoms with Crippen LogP contribution < -0.4 is 5.32 Å². The molecule has 21 heavy (non-hydrogen) atoms. The minimum absolute atomic E-state index is 0.0400. The monoisotopic (exact) mass is 289 g/mol. The molecule has 1 aliphatic carbocycles. The van der Waals surface area contributed by atoms with Gasteiger partial charge in [0.15, 0.2) is 0 Å². The molecule has 1 N–H and O–H groups in total. The molecule has 1 aromatic carbocycles. The molecule has 2 rings (SSSR count). The summed E-state index contributed by atoms with van der Waals surface area (Å²) < 4.78 is 5.42. The van der Waals surface area contributed by atoms with E-state index < -0.39 is 11.6 Å². The predicted molar refractivity (Wildman–Crippen MR) is 80.6 cm³/mol. The Kier molecular flexibility index (Phi) is 4.66. The lowest BCUT2D eigenvalue weighted by Gasteiger charge is -2.24. The summed E-state index contributed by atoms with van der Waals surface area (Å²) in [7, 11) is 0. The number of ether oxygens (including phenoxy) is 1. The quantitative estimate of drug-likeness (QED) is 0.847. The van der Waals surface area contributed by atoms with Gasteiger partial charge in [0.25, 0.3) is 0 Å². The maximum atomic E-state index is 12.3. The van der Waals surface area contributed by atoms with Gasteiger partial charge in [0.05, 0.1) is 0 Å². The highest BCUT2D eigenvalue weighted by Gasteiger charge is 2.34. The maximum Gasteiger partial charge on any atom is 0.329 e. The Bertz CT molecular complexity index is 501. The highest BCUT2D eigenvalue weighted by Crippen LogP contribution is 2.29. The SMILES string of the molecule is CC(C)(C)OC(=O)C(Cc1ccccc1)NC(=O)C1CC1. The molecule has 0 aromatic heterocycles. The van der Waals surface area contributed by atoms with Crippen molar-refractivity contribution >= 4 is 11.9 Å². The van der Waals surface area contributed by atoms with Gasteiger partial charge in [-0.25, -0.2) is 4.79 Å². The van der Waals surface area contributed by atoms with Gasteiger partial charge in [-0.15, -0.1) is 0 Å². The molecule has 0 aliphatic heterocycles. The van der Waals surface area contributed by atoms with Crippen molar-refractivity contribution in [3.63, 3.8) is 0 Å². The Hall–Kier alpha value is -1.84. The smallest absolute Gasteiger partial charge is 0.329 e. The number of hydrogen-bond acceptors (Lipinski definition) is 3. The van der Waals surface area contributed by atoms with E-state index in [0.29, 0.717) is 6.42 Å². The summed E-state index contributed by atoms with van der Waals surface area (Å²) in [4.78, 5) is 24.3. The molecule has 4 nitrogen and oxygen atoms in total. The third-order valence-corrected chi connectivity index (χ3v) is 3.24. The van der Waals surface area contributed by atoms with Crippen LogP contribution in [0.25, 0.3) is 0 Å². The maximum absolute atomic E-state index is 12.3. The van der Waals surface area contributed by atoms with Crippen molar-refractivity contribution in [3.05, 3.63) is 35.9 Å². The van der Waals surface area contributed by atoms with E-state index in [2.05, 4.69) is 5.32 Å².